The predicted octanol–water partition coefficient (Wildman–Crippen LogP) is 3.77. The van der Waals surface area contributed by atoms with E-state index >= 15 is 0 Å². The summed E-state index contributed by atoms with van der Waals surface area (Å²) in [6, 6.07) is 8.44. The van der Waals surface area contributed by atoms with Crippen LogP contribution in [0.2, 0.25) is 0 Å². The van der Waals surface area contributed by atoms with Crippen LogP contribution < -0.4 is 0 Å². The fourth-order valence-electron chi connectivity index (χ4n) is 3.38. The van der Waals surface area contributed by atoms with Gasteiger partial charge in [0, 0.05) is 20.0 Å². The molecule has 1 aromatic heterocycles. The molecule has 1 atom stereocenters. The van der Waals surface area contributed by atoms with Crippen LogP contribution in [0.5, 0.6) is 0 Å². The average molecular weight is 299 g/mol. The lowest BCUT2D eigenvalue weighted by Crippen LogP contribution is -2.30. The number of aromatic nitrogens is 2. The molecule has 2 aromatic rings. The van der Waals surface area contributed by atoms with Gasteiger partial charge >= 0.3 is 0 Å². The highest BCUT2D eigenvalue weighted by molar-refractivity contribution is 5.77. The Morgan fingerprint density at radius 2 is 2.14 bits per heavy atom. The largest absolute Gasteiger partial charge is 0.333 e. The monoisotopic (exact) mass is 299 g/mol. The summed E-state index contributed by atoms with van der Waals surface area (Å²) in [5.74, 6) is 1.88. The normalized spacial score (nSPS) is 18.5. The van der Waals surface area contributed by atoms with Gasteiger partial charge in [-0.15, -0.1) is 0 Å². The quantitative estimate of drug-likeness (QED) is 0.862. The second kappa shape index (κ2) is 6.11. The van der Waals surface area contributed by atoms with Crippen LogP contribution in [0.25, 0.3) is 11.0 Å². The zero-order valence-electron chi connectivity index (χ0n) is 13.7. The van der Waals surface area contributed by atoms with E-state index in [0.29, 0.717) is 5.92 Å². The van der Waals surface area contributed by atoms with Crippen molar-refractivity contribution in [3.8, 4) is 0 Å². The van der Waals surface area contributed by atoms with Gasteiger partial charge in [-0.3, -0.25) is 4.79 Å². The van der Waals surface area contributed by atoms with E-state index in [1.54, 1.807) is 6.92 Å². The highest BCUT2D eigenvalue weighted by atomic mass is 16.2. The van der Waals surface area contributed by atoms with Crippen molar-refractivity contribution >= 4 is 16.9 Å². The third kappa shape index (κ3) is 2.74. The van der Waals surface area contributed by atoms with Crippen molar-refractivity contribution in [3.05, 3.63) is 30.1 Å². The molecule has 4 nitrogen and oxygen atoms in total. The Morgan fingerprint density at radius 3 is 2.86 bits per heavy atom. The molecule has 1 aliphatic rings. The number of amides is 1. The van der Waals surface area contributed by atoms with Crippen LogP contribution in [-0.4, -0.2) is 26.9 Å². The van der Waals surface area contributed by atoms with Gasteiger partial charge in [-0.2, -0.15) is 0 Å². The van der Waals surface area contributed by atoms with Gasteiger partial charge in [0.15, 0.2) is 0 Å². The number of likely N-dealkylation sites (tertiary alicyclic amines) is 1. The van der Waals surface area contributed by atoms with Crippen molar-refractivity contribution in [2.75, 3.05) is 6.54 Å². The first-order valence-electron chi connectivity index (χ1n) is 8.30. The van der Waals surface area contributed by atoms with Crippen molar-refractivity contribution in [1.29, 1.82) is 0 Å². The summed E-state index contributed by atoms with van der Waals surface area (Å²) in [6.07, 6.45) is 3.21. The molecular formula is C18H25N3O. The molecule has 0 N–H and O–H groups in total. The fraction of sp³-hybridized carbons (Fsp3) is 0.556. The molecule has 22 heavy (non-hydrogen) atoms. The standard InChI is InChI=1S/C18H25N3O/c1-13(2)10-12-21-16-8-5-4-7-15(16)19-18(21)17-9-6-11-20(17)14(3)22/h4-5,7-8,13,17H,6,9-12H2,1-3H3/t17-/m1/s1. The number of fused-ring (bicyclic) bond motifs is 1. The maximum absolute atomic E-state index is 11.9. The summed E-state index contributed by atoms with van der Waals surface area (Å²) in [5, 5.41) is 0. The first-order valence-corrected chi connectivity index (χ1v) is 8.30. The third-order valence-corrected chi connectivity index (χ3v) is 4.57. The van der Waals surface area contributed by atoms with Gasteiger partial charge < -0.3 is 9.47 Å². The molecule has 1 amide bonds. The molecule has 1 aromatic carbocycles. The zero-order valence-corrected chi connectivity index (χ0v) is 13.7. The minimum Gasteiger partial charge on any atom is -0.333 e. The number of imidazole rings is 1. The Labute approximate surface area is 132 Å². The topological polar surface area (TPSA) is 38.1 Å². The van der Waals surface area contributed by atoms with Gasteiger partial charge in [-0.1, -0.05) is 26.0 Å². The number of carbonyl (C=O) groups is 1. The molecule has 118 valence electrons. The maximum atomic E-state index is 11.9. The van der Waals surface area contributed by atoms with Gasteiger partial charge in [0.2, 0.25) is 5.91 Å². The van der Waals surface area contributed by atoms with E-state index in [0.717, 1.165) is 43.7 Å². The van der Waals surface area contributed by atoms with E-state index in [1.807, 2.05) is 11.0 Å². The van der Waals surface area contributed by atoms with Crippen molar-refractivity contribution in [1.82, 2.24) is 14.5 Å². The van der Waals surface area contributed by atoms with Gasteiger partial charge in [-0.05, 0) is 37.3 Å². The molecular weight excluding hydrogens is 274 g/mol. The van der Waals surface area contributed by atoms with E-state index in [4.69, 9.17) is 4.98 Å². The molecule has 0 spiro atoms. The molecule has 2 heterocycles. The zero-order chi connectivity index (χ0) is 15.7. The lowest BCUT2D eigenvalue weighted by molar-refractivity contribution is -0.129. The summed E-state index contributed by atoms with van der Waals surface area (Å²) in [6.45, 7) is 7.98. The minimum atomic E-state index is 0.136. The number of hydrogen-bond acceptors (Lipinski definition) is 2. The molecule has 4 heteroatoms. The smallest absolute Gasteiger partial charge is 0.220 e. The van der Waals surface area contributed by atoms with E-state index < -0.39 is 0 Å². The number of hydrogen-bond donors (Lipinski definition) is 0. The van der Waals surface area contributed by atoms with Crippen LogP contribution in [0.1, 0.15) is 51.9 Å². The van der Waals surface area contributed by atoms with Crippen LogP contribution in [0.4, 0.5) is 0 Å². The Hall–Kier alpha value is -1.84. The molecule has 0 radical (unpaired) electrons. The van der Waals surface area contributed by atoms with Crippen LogP contribution >= 0.6 is 0 Å². The molecule has 0 saturated carbocycles. The van der Waals surface area contributed by atoms with E-state index in [1.165, 1.54) is 5.52 Å². The summed E-state index contributed by atoms with van der Waals surface area (Å²) in [7, 11) is 0. The highest BCUT2D eigenvalue weighted by Gasteiger charge is 2.31. The summed E-state index contributed by atoms with van der Waals surface area (Å²) < 4.78 is 2.33. The maximum Gasteiger partial charge on any atom is 0.220 e. The van der Waals surface area contributed by atoms with E-state index in [9.17, 15) is 4.79 Å². The highest BCUT2D eigenvalue weighted by Crippen LogP contribution is 2.33. The molecule has 0 aliphatic carbocycles. The molecule has 1 aliphatic heterocycles. The lowest BCUT2D eigenvalue weighted by atomic mass is 10.1. The number of nitrogens with zero attached hydrogens (tertiary/aromatic N) is 3. The minimum absolute atomic E-state index is 0.136. The Bertz CT molecular complexity index is 674. The first-order chi connectivity index (χ1) is 10.6. The SMILES string of the molecule is CC(=O)N1CCC[C@@H]1c1nc2ccccc2n1CCC(C)C. The summed E-state index contributed by atoms with van der Waals surface area (Å²) >= 11 is 0. The molecule has 1 fully saturated rings. The molecule has 3 rings (SSSR count). The molecule has 0 unspecified atom stereocenters. The van der Waals surface area contributed by atoms with E-state index in [-0.39, 0.29) is 11.9 Å². The molecule has 1 saturated heterocycles. The number of aryl methyl sites for hydroxylation is 1. The van der Waals surface area contributed by atoms with Gasteiger partial charge in [0.25, 0.3) is 0 Å². The summed E-state index contributed by atoms with van der Waals surface area (Å²) in [4.78, 5) is 18.8. The second-order valence-electron chi connectivity index (χ2n) is 6.66. The van der Waals surface area contributed by atoms with E-state index in [2.05, 4.69) is 36.6 Å². The van der Waals surface area contributed by atoms with Gasteiger partial charge in [0.05, 0.1) is 17.1 Å². The van der Waals surface area contributed by atoms with Crippen LogP contribution in [-0.2, 0) is 11.3 Å². The van der Waals surface area contributed by atoms with Gasteiger partial charge in [-0.25, -0.2) is 4.98 Å². The number of carbonyl (C=O) groups excluding carboxylic acids is 1. The van der Waals surface area contributed by atoms with Crippen LogP contribution in [0.15, 0.2) is 24.3 Å². The van der Waals surface area contributed by atoms with Crippen molar-refractivity contribution in [3.63, 3.8) is 0 Å². The predicted molar refractivity (Wildman–Crippen MR) is 88.6 cm³/mol. The second-order valence-corrected chi connectivity index (χ2v) is 6.66. The third-order valence-electron chi connectivity index (χ3n) is 4.57. The summed E-state index contributed by atoms with van der Waals surface area (Å²) in [5.41, 5.74) is 2.23. The first kappa shape index (κ1) is 15.1. The number of para-hydroxylation sites is 2. The molecule has 0 bridgehead atoms. The van der Waals surface area contributed by atoms with Crippen molar-refractivity contribution in [2.24, 2.45) is 5.92 Å². The Morgan fingerprint density at radius 1 is 1.36 bits per heavy atom. The van der Waals surface area contributed by atoms with Crippen LogP contribution in [0, 0.1) is 5.92 Å². The van der Waals surface area contributed by atoms with Crippen LogP contribution in [0.3, 0.4) is 0 Å². The van der Waals surface area contributed by atoms with Crippen molar-refractivity contribution in [2.45, 2.75) is 52.6 Å². The van der Waals surface area contributed by atoms with Crippen molar-refractivity contribution < 1.29 is 4.79 Å². The fourth-order valence-corrected chi connectivity index (χ4v) is 3.38. The average Bonchev–Trinajstić information content (AvgIpc) is 3.09. The Balaban J connectivity index is 2.03. The Kier molecular flexibility index (Phi) is 4.19. The van der Waals surface area contributed by atoms with Gasteiger partial charge in [0.1, 0.15) is 5.82 Å². The number of benzene rings is 1. The lowest BCUT2D eigenvalue weighted by Gasteiger charge is -2.24. The number of rotatable bonds is 4.